The summed E-state index contributed by atoms with van der Waals surface area (Å²) in [7, 11) is 0. The van der Waals surface area contributed by atoms with Gasteiger partial charge in [-0.05, 0) is 23.8 Å². The van der Waals surface area contributed by atoms with E-state index in [1.165, 1.54) is 23.1 Å². The third-order valence-corrected chi connectivity index (χ3v) is 6.29. The number of aromatic nitrogens is 4. The molecule has 0 spiro atoms. The fourth-order valence-electron chi connectivity index (χ4n) is 2.60. The SMILES string of the molecule is O=C(NCc1ccccc1)c1nnc(CSc2nccn2-c2cccc(Cl)c2)s1. The first-order chi connectivity index (χ1) is 14.2. The number of benzene rings is 2. The van der Waals surface area contributed by atoms with E-state index < -0.39 is 0 Å². The van der Waals surface area contributed by atoms with Gasteiger partial charge in [0.1, 0.15) is 5.01 Å². The topological polar surface area (TPSA) is 72.7 Å². The van der Waals surface area contributed by atoms with Gasteiger partial charge in [0.25, 0.3) is 5.91 Å². The number of carbonyl (C=O) groups is 1. The number of nitrogens with one attached hydrogen (secondary N) is 1. The minimum Gasteiger partial charge on any atom is -0.346 e. The van der Waals surface area contributed by atoms with E-state index in [2.05, 4.69) is 20.5 Å². The largest absolute Gasteiger partial charge is 0.346 e. The first-order valence-electron chi connectivity index (χ1n) is 8.75. The van der Waals surface area contributed by atoms with Crippen molar-refractivity contribution in [1.82, 2.24) is 25.1 Å². The van der Waals surface area contributed by atoms with Gasteiger partial charge < -0.3 is 5.32 Å². The van der Waals surface area contributed by atoms with E-state index in [4.69, 9.17) is 11.6 Å². The van der Waals surface area contributed by atoms with Crippen molar-refractivity contribution in [1.29, 1.82) is 0 Å². The van der Waals surface area contributed by atoms with Crippen molar-refractivity contribution < 1.29 is 4.79 Å². The summed E-state index contributed by atoms with van der Waals surface area (Å²) in [5, 5.41) is 13.6. The molecule has 0 saturated heterocycles. The minimum absolute atomic E-state index is 0.219. The lowest BCUT2D eigenvalue weighted by Gasteiger charge is -2.06. The fourth-order valence-corrected chi connectivity index (χ4v) is 4.50. The summed E-state index contributed by atoms with van der Waals surface area (Å²) in [5.41, 5.74) is 1.98. The Hall–Kier alpha value is -2.68. The van der Waals surface area contributed by atoms with E-state index in [0.717, 1.165) is 21.4 Å². The van der Waals surface area contributed by atoms with Crippen LogP contribution in [0.3, 0.4) is 0 Å². The summed E-state index contributed by atoms with van der Waals surface area (Å²) in [6, 6.07) is 17.3. The standard InChI is InChI=1S/C20H16ClN5OS2/c21-15-7-4-8-16(11-15)26-10-9-22-20(26)28-13-17-24-25-19(29-17)18(27)23-12-14-5-2-1-3-6-14/h1-11H,12-13H2,(H,23,27). The van der Waals surface area contributed by atoms with Crippen molar-refractivity contribution in [2.75, 3.05) is 0 Å². The van der Waals surface area contributed by atoms with E-state index in [9.17, 15) is 4.79 Å². The van der Waals surface area contributed by atoms with E-state index >= 15 is 0 Å². The van der Waals surface area contributed by atoms with Crippen LogP contribution in [0.4, 0.5) is 0 Å². The molecule has 0 fully saturated rings. The Morgan fingerprint density at radius 2 is 2.00 bits per heavy atom. The predicted molar refractivity (Wildman–Crippen MR) is 116 cm³/mol. The number of thioether (sulfide) groups is 1. The van der Waals surface area contributed by atoms with E-state index in [-0.39, 0.29) is 5.91 Å². The second-order valence-electron chi connectivity index (χ2n) is 6.02. The number of imidazole rings is 1. The quantitative estimate of drug-likeness (QED) is 0.424. The van der Waals surface area contributed by atoms with Gasteiger partial charge in [0.15, 0.2) is 5.16 Å². The molecule has 9 heteroatoms. The molecule has 0 aliphatic heterocycles. The lowest BCUT2D eigenvalue weighted by Crippen LogP contribution is -2.22. The molecule has 2 heterocycles. The molecule has 1 N–H and O–H groups in total. The van der Waals surface area contributed by atoms with Gasteiger partial charge in [-0.2, -0.15) is 0 Å². The molecule has 0 aliphatic carbocycles. The Balaban J connectivity index is 1.37. The van der Waals surface area contributed by atoms with Crippen LogP contribution < -0.4 is 5.32 Å². The average Bonchev–Trinajstić information content (AvgIpc) is 3.41. The predicted octanol–water partition coefficient (Wildman–Crippen LogP) is 4.60. The Morgan fingerprint density at radius 1 is 1.14 bits per heavy atom. The molecule has 29 heavy (non-hydrogen) atoms. The van der Waals surface area contributed by atoms with Gasteiger partial charge in [-0.25, -0.2) is 4.98 Å². The first-order valence-corrected chi connectivity index (χ1v) is 10.9. The highest BCUT2D eigenvalue weighted by Crippen LogP contribution is 2.26. The molecular formula is C20H16ClN5OS2. The van der Waals surface area contributed by atoms with Crippen molar-refractivity contribution in [2.24, 2.45) is 0 Å². The van der Waals surface area contributed by atoms with Gasteiger partial charge in [0.2, 0.25) is 5.01 Å². The summed E-state index contributed by atoms with van der Waals surface area (Å²) in [6.07, 6.45) is 3.63. The number of carbonyl (C=O) groups excluding carboxylic acids is 1. The van der Waals surface area contributed by atoms with Crippen LogP contribution in [-0.4, -0.2) is 25.7 Å². The van der Waals surface area contributed by atoms with Gasteiger partial charge in [0.05, 0.1) is 5.75 Å². The lowest BCUT2D eigenvalue weighted by molar-refractivity contribution is 0.0950. The molecule has 4 rings (SSSR count). The van der Waals surface area contributed by atoms with Crippen molar-refractivity contribution in [2.45, 2.75) is 17.5 Å². The van der Waals surface area contributed by atoms with Crippen LogP contribution in [0.2, 0.25) is 5.02 Å². The van der Waals surface area contributed by atoms with Gasteiger partial charge in [-0.15, -0.1) is 10.2 Å². The molecule has 4 aromatic rings. The molecule has 0 bridgehead atoms. The van der Waals surface area contributed by atoms with Crippen LogP contribution in [0.1, 0.15) is 20.4 Å². The molecule has 0 unspecified atom stereocenters. The maximum absolute atomic E-state index is 12.3. The normalized spacial score (nSPS) is 10.8. The molecular weight excluding hydrogens is 426 g/mol. The van der Waals surface area contributed by atoms with Crippen LogP contribution in [0, 0.1) is 0 Å². The van der Waals surface area contributed by atoms with Crippen LogP contribution in [-0.2, 0) is 12.3 Å². The van der Waals surface area contributed by atoms with Gasteiger partial charge >= 0.3 is 0 Å². The third kappa shape index (κ3) is 5.03. The summed E-state index contributed by atoms with van der Waals surface area (Å²) in [5.74, 6) is 0.351. The first kappa shape index (κ1) is 19.6. The van der Waals surface area contributed by atoms with Crippen LogP contribution in [0.5, 0.6) is 0 Å². The zero-order valence-corrected chi connectivity index (χ0v) is 17.5. The number of nitrogens with zero attached hydrogens (tertiary/aromatic N) is 4. The van der Waals surface area contributed by atoms with Gasteiger partial charge in [-0.1, -0.05) is 71.1 Å². The minimum atomic E-state index is -0.219. The second kappa shape index (κ2) is 9.21. The average molecular weight is 442 g/mol. The molecule has 146 valence electrons. The Bertz CT molecular complexity index is 1110. The highest BCUT2D eigenvalue weighted by atomic mass is 35.5. The number of halogens is 1. The Morgan fingerprint density at radius 3 is 2.83 bits per heavy atom. The van der Waals surface area contributed by atoms with Crippen LogP contribution >= 0.6 is 34.7 Å². The van der Waals surface area contributed by atoms with E-state index in [0.29, 0.717) is 22.3 Å². The van der Waals surface area contributed by atoms with Crippen molar-refractivity contribution in [3.8, 4) is 5.69 Å². The summed E-state index contributed by atoms with van der Waals surface area (Å²) in [4.78, 5) is 16.7. The number of amides is 1. The smallest absolute Gasteiger partial charge is 0.282 e. The van der Waals surface area contributed by atoms with Gasteiger partial charge in [-0.3, -0.25) is 9.36 Å². The molecule has 0 saturated carbocycles. The lowest BCUT2D eigenvalue weighted by atomic mass is 10.2. The van der Waals surface area contributed by atoms with Crippen LogP contribution in [0.25, 0.3) is 5.69 Å². The monoisotopic (exact) mass is 441 g/mol. The summed E-state index contributed by atoms with van der Waals surface area (Å²) >= 11 is 8.91. The Labute approximate surface area is 181 Å². The zero-order valence-electron chi connectivity index (χ0n) is 15.2. The Kier molecular flexibility index (Phi) is 6.24. The summed E-state index contributed by atoms with van der Waals surface area (Å²) in [6.45, 7) is 0.459. The summed E-state index contributed by atoms with van der Waals surface area (Å²) < 4.78 is 1.96. The second-order valence-corrected chi connectivity index (χ2v) is 8.46. The molecule has 0 atom stereocenters. The maximum atomic E-state index is 12.3. The van der Waals surface area contributed by atoms with E-state index in [1.807, 2.05) is 65.4 Å². The number of hydrogen-bond donors (Lipinski definition) is 1. The van der Waals surface area contributed by atoms with Crippen molar-refractivity contribution >= 4 is 40.6 Å². The molecule has 6 nitrogen and oxygen atoms in total. The molecule has 0 aliphatic rings. The fraction of sp³-hybridized carbons (Fsp3) is 0.100. The molecule has 2 aromatic heterocycles. The van der Waals surface area contributed by atoms with Gasteiger partial charge in [0, 0.05) is 29.6 Å². The van der Waals surface area contributed by atoms with E-state index in [1.54, 1.807) is 6.20 Å². The third-order valence-electron chi connectivity index (χ3n) is 3.97. The highest BCUT2D eigenvalue weighted by Gasteiger charge is 2.14. The molecule has 1 amide bonds. The van der Waals surface area contributed by atoms with Crippen molar-refractivity contribution in [3.63, 3.8) is 0 Å². The highest BCUT2D eigenvalue weighted by molar-refractivity contribution is 7.98. The van der Waals surface area contributed by atoms with Crippen LogP contribution in [0.15, 0.2) is 72.1 Å². The number of rotatable bonds is 7. The maximum Gasteiger partial charge on any atom is 0.282 e. The zero-order chi connectivity index (χ0) is 20.1. The van der Waals surface area contributed by atoms with Crippen molar-refractivity contribution in [3.05, 3.63) is 87.6 Å². The molecule has 2 aromatic carbocycles. The molecule has 0 radical (unpaired) electrons. The number of hydrogen-bond acceptors (Lipinski definition) is 6.